The van der Waals surface area contributed by atoms with Crippen LogP contribution in [0.2, 0.25) is 20.1 Å². The molecule has 1 aliphatic rings. The van der Waals surface area contributed by atoms with Crippen molar-refractivity contribution in [1.29, 1.82) is 0 Å². The number of hydrogen-bond donors (Lipinski definition) is 0. The van der Waals surface area contributed by atoms with Gasteiger partial charge < -0.3 is 4.74 Å². The molecule has 0 aliphatic carbocycles. The van der Waals surface area contributed by atoms with E-state index in [-0.39, 0.29) is 37.6 Å². The van der Waals surface area contributed by atoms with Crippen LogP contribution in [0.25, 0.3) is 0 Å². The Balaban J connectivity index is 2.58. The molecule has 1 aromatic rings. The second kappa shape index (κ2) is 7.48. The SMILES string of the molecule is CCCC[C@H](C(=O)OC)N1C(=O)c2c(Cl)c(Cl)c(Cl)c(Cl)c2C1=O. The minimum Gasteiger partial charge on any atom is -0.467 e. The van der Waals surface area contributed by atoms with Crippen LogP contribution >= 0.6 is 46.4 Å². The summed E-state index contributed by atoms with van der Waals surface area (Å²) in [6.07, 6.45) is 1.66. The van der Waals surface area contributed by atoms with Gasteiger partial charge in [0.1, 0.15) is 6.04 Å². The number of imide groups is 1. The van der Waals surface area contributed by atoms with Gasteiger partial charge in [-0.25, -0.2) is 4.79 Å². The number of methoxy groups -OCH3 is 1. The van der Waals surface area contributed by atoms with Crippen LogP contribution in [-0.4, -0.2) is 35.8 Å². The monoisotopic (exact) mass is 411 g/mol. The highest BCUT2D eigenvalue weighted by Gasteiger charge is 2.46. The van der Waals surface area contributed by atoms with E-state index in [0.717, 1.165) is 11.3 Å². The first-order valence-corrected chi connectivity index (χ1v) is 8.60. The number of esters is 1. The molecule has 0 fully saturated rings. The van der Waals surface area contributed by atoms with Crippen molar-refractivity contribution in [3.05, 3.63) is 31.2 Å². The minimum atomic E-state index is -1.06. The zero-order valence-electron chi connectivity index (χ0n) is 12.8. The van der Waals surface area contributed by atoms with E-state index >= 15 is 0 Å². The van der Waals surface area contributed by atoms with Gasteiger partial charge in [0.25, 0.3) is 11.8 Å². The summed E-state index contributed by atoms with van der Waals surface area (Å²) in [4.78, 5) is 38.3. The number of ether oxygens (including phenoxy) is 1. The van der Waals surface area contributed by atoms with Crippen molar-refractivity contribution in [2.24, 2.45) is 0 Å². The molecule has 1 aliphatic heterocycles. The first-order valence-electron chi connectivity index (χ1n) is 7.09. The molecule has 0 bridgehead atoms. The molecule has 2 amide bonds. The summed E-state index contributed by atoms with van der Waals surface area (Å²) in [6, 6.07) is -1.06. The fourth-order valence-corrected chi connectivity index (χ4v) is 3.55. The Labute approximate surface area is 158 Å². The van der Waals surface area contributed by atoms with Crippen molar-refractivity contribution in [3.8, 4) is 0 Å². The Hall–Kier alpha value is -1.01. The van der Waals surface area contributed by atoms with Gasteiger partial charge in [-0.3, -0.25) is 14.5 Å². The molecule has 24 heavy (non-hydrogen) atoms. The normalized spacial score (nSPS) is 14.8. The topological polar surface area (TPSA) is 63.7 Å². The second-order valence-corrected chi connectivity index (χ2v) is 6.68. The lowest BCUT2D eigenvalue weighted by Crippen LogP contribution is -2.45. The third-order valence-electron chi connectivity index (χ3n) is 3.75. The van der Waals surface area contributed by atoms with E-state index in [9.17, 15) is 14.4 Å². The lowest BCUT2D eigenvalue weighted by Gasteiger charge is -2.23. The quantitative estimate of drug-likeness (QED) is 0.306. The molecular weight excluding hydrogens is 400 g/mol. The molecule has 2 rings (SSSR count). The number of unbranched alkanes of at least 4 members (excludes halogenated alkanes) is 1. The van der Waals surface area contributed by atoms with Gasteiger partial charge in [0.05, 0.1) is 38.3 Å². The van der Waals surface area contributed by atoms with Crippen LogP contribution in [0.15, 0.2) is 0 Å². The maximum absolute atomic E-state index is 12.7. The Morgan fingerprint density at radius 2 is 1.46 bits per heavy atom. The predicted octanol–water partition coefficient (Wildman–Crippen LogP) is 4.63. The standard InChI is InChI=1S/C15H13Cl4NO4/c1-3-4-5-6(15(23)24-2)20-13(21)7-8(14(20)22)10(17)12(19)11(18)9(7)16/h6H,3-5H2,1-2H3/t6-/m1/s1. The van der Waals surface area contributed by atoms with Crippen LogP contribution < -0.4 is 0 Å². The molecule has 5 nitrogen and oxygen atoms in total. The Kier molecular flexibility index (Phi) is 6.02. The van der Waals surface area contributed by atoms with Gasteiger partial charge in [0.2, 0.25) is 0 Å². The van der Waals surface area contributed by atoms with Crippen molar-refractivity contribution >= 4 is 64.2 Å². The Morgan fingerprint density at radius 3 is 1.83 bits per heavy atom. The van der Waals surface area contributed by atoms with Gasteiger partial charge in [-0.05, 0) is 6.42 Å². The van der Waals surface area contributed by atoms with Crippen LogP contribution in [-0.2, 0) is 9.53 Å². The molecule has 0 spiro atoms. The van der Waals surface area contributed by atoms with Crippen LogP contribution in [0.1, 0.15) is 46.9 Å². The van der Waals surface area contributed by atoms with Gasteiger partial charge in [0.15, 0.2) is 0 Å². The van der Waals surface area contributed by atoms with E-state index in [1.807, 2.05) is 6.92 Å². The van der Waals surface area contributed by atoms with Gasteiger partial charge >= 0.3 is 5.97 Å². The number of halogens is 4. The number of nitrogens with zero attached hydrogens (tertiary/aromatic N) is 1. The number of rotatable bonds is 5. The molecule has 9 heteroatoms. The van der Waals surface area contributed by atoms with Crippen molar-refractivity contribution < 1.29 is 19.1 Å². The molecule has 0 saturated heterocycles. The first kappa shape index (κ1) is 19.3. The average molecular weight is 413 g/mol. The molecule has 0 aromatic heterocycles. The van der Waals surface area contributed by atoms with E-state index in [0.29, 0.717) is 6.42 Å². The van der Waals surface area contributed by atoms with Crippen molar-refractivity contribution in [2.75, 3.05) is 7.11 Å². The van der Waals surface area contributed by atoms with E-state index in [2.05, 4.69) is 0 Å². The van der Waals surface area contributed by atoms with E-state index < -0.39 is 23.8 Å². The zero-order chi connectivity index (χ0) is 18.2. The first-order chi connectivity index (χ1) is 11.3. The summed E-state index contributed by atoms with van der Waals surface area (Å²) in [5.41, 5.74) is -0.294. The highest BCUT2D eigenvalue weighted by molar-refractivity contribution is 6.55. The number of amides is 2. The fourth-order valence-electron chi connectivity index (χ4n) is 2.54. The molecule has 0 unspecified atom stereocenters. The van der Waals surface area contributed by atoms with E-state index in [1.165, 1.54) is 7.11 Å². The van der Waals surface area contributed by atoms with Gasteiger partial charge in [-0.2, -0.15) is 0 Å². The summed E-state index contributed by atoms with van der Waals surface area (Å²) in [5.74, 6) is -2.18. The third kappa shape index (κ3) is 2.99. The molecule has 1 aromatic carbocycles. The average Bonchev–Trinajstić information content (AvgIpc) is 2.82. The van der Waals surface area contributed by atoms with Crippen LogP contribution in [0.4, 0.5) is 0 Å². The van der Waals surface area contributed by atoms with Gasteiger partial charge in [-0.15, -0.1) is 0 Å². The Morgan fingerprint density at radius 1 is 1.00 bits per heavy atom. The van der Waals surface area contributed by atoms with Gasteiger partial charge in [-0.1, -0.05) is 66.2 Å². The Bertz CT molecular complexity index is 688. The molecule has 0 saturated carbocycles. The van der Waals surface area contributed by atoms with Crippen LogP contribution in [0.3, 0.4) is 0 Å². The number of carbonyl (C=O) groups is 3. The van der Waals surface area contributed by atoms with Crippen molar-refractivity contribution in [2.45, 2.75) is 32.2 Å². The second-order valence-electron chi connectivity index (χ2n) is 5.17. The van der Waals surface area contributed by atoms with E-state index in [4.69, 9.17) is 51.1 Å². The molecular formula is C15H13Cl4NO4. The highest BCUT2D eigenvalue weighted by atomic mass is 35.5. The lowest BCUT2D eigenvalue weighted by molar-refractivity contribution is -0.145. The molecule has 130 valence electrons. The van der Waals surface area contributed by atoms with Crippen molar-refractivity contribution in [1.82, 2.24) is 4.90 Å². The lowest BCUT2D eigenvalue weighted by atomic mass is 10.1. The molecule has 0 N–H and O–H groups in total. The van der Waals surface area contributed by atoms with Crippen molar-refractivity contribution in [3.63, 3.8) is 0 Å². The summed E-state index contributed by atoms with van der Waals surface area (Å²) >= 11 is 24.1. The molecule has 1 heterocycles. The minimum absolute atomic E-state index is 0.117. The zero-order valence-corrected chi connectivity index (χ0v) is 15.8. The predicted molar refractivity (Wildman–Crippen MR) is 92.3 cm³/mol. The number of hydrogen-bond acceptors (Lipinski definition) is 4. The number of benzene rings is 1. The van der Waals surface area contributed by atoms with Crippen LogP contribution in [0, 0.1) is 0 Å². The van der Waals surface area contributed by atoms with Gasteiger partial charge in [0, 0.05) is 0 Å². The summed E-state index contributed by atoms with van der Waals surface area (Å²) in [5, 5.41) is -0.566. The molecule has 1 atom stereocenters. The molecule has 0 radical (unpaired) electrons. The fraction of sp³-hybridized carbons (Fsp3) is 0.400. The largest absolute Gasteiger partial charge is 0.467 e. The van der Waals surface area contributed by atoms with Crippen LogP contribution in [0.5, 0.6) is 0 Å². The smallest absolute Gasteiger partial charge is 0.329 e. The maximum atomic E-state index is 12.7. The highest BCUT2D eigenvalue weighted by Crippen LogP contribution is 2.45. The maximum Gasteiger partial charge on any atom is 0.329 e. The summed E-state index contributed by atoms with van der Waals surface area (Å²) in [6.45, 7) is 1.92. The van der Waals surface area contributed by atoms with E-state index in [1.54, 1.807) is 0 Å². The third-order valence-corrected chi connectivity index (χ3v) is 5.55. The summed E-state index contributed by atoms with van der Waals surface area (Å²) < 4.78 is 4.72. The summed E-state index contributed by atoms with van der Waals surface area (Å²) in [7, 11) is 1.19. The number of fused-ring (bicyclic) bond motifs is 1. The number of carbonyl (C=O) groups excluding carboxylic acids is 3.